The number of carbonyl (C=O) groups excluding carboxylic acids is 1. The highest BCUT2D eigenvalue weighted by molar-refractivity contribution is 7.99. The van der Waals surface area contributed by atoms with Gasteiger partial charge in [0.2, 0.25) is 5.91 Å². The van der Waals surface area contributed by atoms with Crippen LogP contribution in [-0.2, 0) is 4.79 Å². The second kappa shape index (κ2) is 8.49. The summed E-state index contributed by atoms with van der Waals surface area (Å²) in [6, 6.07) is 8.08. The van der Waals surface area contributed by atoms with Gasteiger partial charge in [-0.05, 0) is 31.9 Å². The number of aryl methyl sites for hydroxylation is 1. The predicted octanol–water partition coefficient (Wildman–Crippen LogP) is 3.77. The van der Waals surface area contributed by atoms with E-state index in [0.29, 0.717) is 28.4 Å². The van der Waals surface area contributed by atoms with Crippen LogP contribution in [-0.4, -0.2) is 37.0 Å². The smallest absolute Gasteiger partial charge is 0.265 e. The fourth-order valence-electron chi connectivity index (χ4n) is 4.58. The zero-order valence-corrected chi connectivity index (χ0v) is 18.5. The van der Waals surface area contributed by atoms with Crippen molar-refractivity contribution in [3.05, 3.63) is 46.4 Å². The molecule has 1 saturated carbocycles. The fraction of sp³-hybridized carbons (Fsp3) is 0.478. The van der Waals surface area contributed by atoms with E-state index in [1.54, 1.807) is 15.4 Å². The van der Waals surface area contributed by atoms with Crippen molar-refractivity contribution in [2.75, 3.05) is 5.75 Å². The molecule has 2 aliphatic rings. The average molecular weight is 438 g/mol. The summed E-state index contributed by atoms with van der Waals surface area (Å²) < 4.78 is 3.41. The van der Waals surface area contributed by atoms with Gasteiger partial charge in [-0.15, -0.1) is 0 Å². The minimum atomic E-state index is -0.169. The highest BCUT2D eigenvalue weighted by Gasteiger charge is 2.30. The van der Waals surface area contributed by atoms with E-state index in [-0.39, 0.29) is 23.6 Å². The van der Waals surface area contributed by atoms with Gasteiger partial charge in [-0.25, -0.2) is 9.67 Å². The monoisotopic (exact) mass is 437 g/mol. The molecule has 1 unspecified atom stereocenters. The largest absolute Gasteiger partial charge is 0.353 e. The molecule has 1 aliphatic carbocycles. The molecule has 3 heterocycles. The van der Waals surface area contributed by atoms with Crippen molar-refractivity contribution in [3.63, 3.8) is 0 Å². The van der Waals surface area contributed by atoms with Gasteiger partial charge in [0.15, 0.2) is 10.8 Å². The van der Waals surface area contributed by atoms with Crippen molar-refractivity contribution in [1.82, 2.24) is 24.6 Å². The van der Waals surface area contributed by atoms with Crippen molar-refractivity contribution in [3.8, 4) is 5.69 Å². The van der Waals surface area contributed by atoms with Crippen LogP contribution in [0.3, 0.4) is 0 Å². The Balaban J connectivity index is 1.39. The van der Waals surface area contributed by atoms with Crippen molar-refractivity contribution in [2.45, 2.75) is 69.1 Å². The van der Waals surface area contributed by atoms with Crippen molar-refractivity contribution >= 4 is 28.7 Å². The van der Waals surface area contributed by atoms with Gasteiger partial charge in [0.25, 0.3) is 5.56 Å². The quantitative estimate of drug-likeness (QED) is 0.496. The Labute approximate surface area is 185 Å². The average Bonchev–Trinajstić information content (AvgIpc) is 3.26. The van der Waals surface area contributed by atoms with E-state index in [9.17, 15) is 9.59 Å². The number of carbonyl (C=O) groups is 1. The van der Waals surface area contributed by atoms with E-state index in [1.165, 1.54) is 37.4 Å². The van der Waals surface area contributed by atoms with E-state index in [4.69, 9.17) is 4.98 Å². The van der Waals surface area contributed by atoms with E-state index >= 15 is 0 Å². The Morgan fingerprint density at radius 2 is 1.90 bits per heavy atom. The number of amides is 1. The maximum absolute atomic E-state index is 13.3. The lowest BCUT2D eigenvalue weighted by molar-refractivity contribution is -0.122. The molecule has 0 radical (unpaired) electrons. The third kappa shape index (κ3) is 4.01. The fourth-order valence-corrected chi connectivity index (χ4v) is 5.71. The van der Waals surface area contributed by atoms with Crippen LogP contribution in [0.2, 0.25) is 0 Å². The van der Waals surface area contributed by atoms with Gasteiger partial charge in [0.05, 0.1) is 17.9 Å². The Hall–Kier alpha value is -2.61. The first-order valence-corrected chi connectivity index (χ1v) is 12.1. The van der Waals surface area contributed by atoms with E-state index in [2.05, 4.69) is 10.4 Å². The van der Waals surface area contributed by atoms with Crippen LogP contribution in [0.1, 0.15) is 56.6 Å². The first kappa shape index (κ1) is 20.3. The summed E-state index contributed by atoms with van der Waals surface area (Å²) in [6.45, 7) is 2.03. The lowest BCUT2D eigenvalue weighted by Crippen LogP contribution is -2.36. The highest BCUT2D eigenvalue weighted by atomic mass is 32.2. The summed E-state index contributed by atoms with van der Waals surface area (Å²) in [7, 11) is 0. The molecule has 5 rings (SSSR count). The zero-order valence-electron chi connectivity index (χ0n) is 17.7. The number of thioether (sulfide) groups is 1. The van der Waals surface area contributed by atoms with Crippen molar-refractivity contribution in [1.29, 1.82) is 0 Å². The number of benzene rings is 1. The van der Waals surface area contributed by atoms with Crippen molar-refractivity contribution in [2.24, 2.45) is 0 Å². The molecule has 0 spiro atoms. The molecular weight excluding hydrogens is 410 g/mol. The number of nitrogens with zero attached hydrogens (tertiary/aromatic N) is 4. The topological polar surface area (TPSA) is 81.8 Å². The summed E-state index contributed by atoms with van der Waals surface area (Å²) >= 11 is 1.54. The van der Waals surface area contributed by atoms with Crippen LogP contribution in [0, 0.1) is 6.92 Å². The first-order chi connectivity index (χ1) is 15.1. The van der Waals surface area contributed by atoms with Crippen LogP contribution in [0.4, 0.5) is 0 Å². The maximum atomic E-state index is 13.3. The minimum Gasteiger partial charge on any atom is -0.353 e. The number of aromatic nitrogens is 4. The molecule has 0 saturated heterocycles. The van der Waals surface area contributed by atoms with Gasteiger partial charge in [0, 0.05) is 18.2 Å². The van der Waals surface area contributed by atoms with Gasteiger partial charge in [-0.1, -0.05) is 55.1 Å². The third-order valence-electron chi connectivity index (χ3n) is 6.29. The molecule has 1 aromatic carbocycles. The molecular formula is C23H27N5O2S. The van der Waals surface area contributed by atoms with Gasteiger partial charge in [-0.3, -0.25) is 14.2 Å². The van der Waals surface area contributed by atoms with Crippen LogP contribution in [0.5, 0.6) is 0 Å². The Bertz CT molecular complexity index is 1160. The van der Waals surface area contributed by atoms with Crippen molar-refractivity contribution < 1.29 is 4.79 Å². The Morgan fingerprint density at radius 1 is 1.16 bits per heavy atom. The number of fused-ring (bicyclic) bond motifs is 2. The molecule has 1 atom stereocenters. The minimum absolute atomic E-state index is 0.0349. The molecule has 8 heteroatoms. The van der Waals surface area contributed by atoms with Gasteiger partial charge in [-0.2, -0.15) is 5.10 Å². The van der Waals surface area contributed by atoms with Crippen LogP contribution in [0.15, 0.2) is 40.4 Å². The predicted molar refractivity (Wildman–Crippen MR) is 122 cm³/mol. The molecule has 1 amide bonds. The molecule has 31 heavy (non-hydrogen) atoms. The van der Waals surface area contributed by atoms with E-state index in [1.807, 2.05) is 31.2 Å². The van der Waals surface area contributed by atoms with Gasteiger partial charge >= 0.3 is 0 Å². The SMILES string of the molecule is Cc1ccc(-n2ncc3c(=O)n4c(nc32)SCC4CC(=O)NC2CCCCCC2)cc1. The first-order valence-electron chi connectivity index (χ1n) is 11.1. The van der Waals surface area contributed by atoms with Gasteiger partial charge in [0.1, 0.15) is 5.39 Å². The highest BCUT2D eigenvalue weighted by Crippen LogP contribution is 2.33. The number of rotatable bonds is 4. The van der Waals surface area contributed by atoms with Gasteiger partial charge < -0.3 is 5.32 Å². The lowest BCUT2D eigenvalue weighted by atomic mass is 10.1. The molecule has 162 valence electrons. The number of nitrogens with one attached hydrogen (secondary N) is 1. The molecule has 7 nitrogen and oxygen atoms in total. The molecule has 1 fully saturated rings. The van der Waals surface area contributed by atoms with E-state index in [0.717, 1.165) is 24.1 Å². The van der Waals surface area contributed by atoms with Crippen LogP contribution in [0.25, 0.3) is 16.7 Å². The molecule has 2 aromatic heterocycles. The molecule has 1 aliphatic heterocycles. The normalized spacial score (nSPS) is 19.3. The summed E-state index contributed by atoms with van der Waals surface area (Å²) in [6.07, 6.45) is 8.89. The number of hydrogen-bond donors (Lipinski definition) is 1. The summed E-state index contributed by atoms with van der Waals surface area (Å²) in [5.74, 6) is 0.720. The molecule has 0 bridgehead atoms. The summed E-state index contributed by atoms with van der Waals surface area (Å²) in [5, 5.41) is 8.78. The van der Waals surface area contributed by atoms with E-state index < -0.39 is 0 Å². The molecule has 1 N–H and O–H groups in total. The zero-order chi connectivity index (χ0) is 21.4. The summed E-state index contributed by atoms with van der Waals surface area (Å²) in [5.41, 5.74) is 2.49. The number of hydrogen-bond acceptors (Lipinski definition) is 5. The van der Waals surface area contributed by atoms with Crippen LogP contribution >= 0.6 is 11.8 Å². The molecule has 3 aromatic rings. The van der Waals surface area contributed by atoms with Crippen LogP contribution < -0.4 is 10.9 Å². The second-order valence-corrected chi connectivity index (χ2v) is 9.61. The Kier molecular flexibility index (Phi) is 5.56. The Morgan fingerprint density at radius 3 is 2.65 bits per heavy atom. The standard InChI is InChI=1S/C23H27N5O2S/c1-15-8-10-17(11-9-15)28-21-19(13-24-28)22(30)27-18(14-31-23(27)26-21)12-20(29)25-16-6-4-2-3-5-7-16/h8-11,13,16,18H,2-7,12,14H2,1H3,(H,25,29). The lowest BCUT2D eigenvalue weighted by Gasteiger charge is -2.18. The summed E-state index contributed by atoms with van der Waals surface area (Å²) in [4.78, 5) is 30.7. The maximum Gasteiger partial charge on any atom is 0.265 e. The third-order valence-corrected chi connectivity index (χ3v) is 7.39. The second-order valence-electron chi connectivity index (χ2n) is 8.62.